The van der Waals surface area contributed by atoms with Crippen molar-refractivity contribution in [2.24, 2.45) is 0 Å². The number of amides is 1. The van der Waals surface area contributed by atoms with Crippen LogP contribution in [-0.2, 0) is 4.79 Å². The summed E-state index contributed by atoms with van der Waals surface area (Å²) in [4.78, 5) is 18.0. The van der Waals surface area contributed by atoms with Crippen LogP contribution >= 0.6 is 0 Å². The van der Waals surface area contributed by atoms with E-state index in [4.69, 9.17) is 4.74 Å². The van der Waals surface area contributed by atoms with Gasteiger partial charge in [-0.15, -0.1) is 0 Å². The van der Waals surface area contributed by atoms with Gasteiger partial charge in [-0.05, 0) is 17.7 Å². The topological polar surface area (TPSA) is 32.8 Å². The molecule has 0 bridgehead atoms. The number of fused-ring (bicyclic) bond motifs is 2. The predicted molar refractivity (Wildman–Crippen MR) is 123 cm³/mol. The molecule has 0 aliphatic carbocycles. The van der Waals surface area contributed by atoms with Crippen molar-refractivity contribution in [3.63, 3.8) is 0 Å². The summed E-state index contributed by atoms with van der Waals surface area (Å²) < 4.78 is 6.06. The molecule has 3 aromatic rings. The fraction of sp³-hybridized carbons (Fsp3) is 0.222. The molecule has 31 heavy (non-hydrogen) atoms. The SMILES string of the molecule is O=C(C1c2ccccc2Oc2ccccc21)N1CCN(C/C=C/c2ccccc2)CC1. The standard InChI is InChI=1S/C27H26N2O2/c30-27(26-22-12-4-6-14-24(22)31-25-15-7-5-13-23(25)26)29-19-17-28(18-20-29)16-8-11-21-9-2-1-3-10-21/h1-15,26H,16-20H2/b11-8+. The van der Waals surface area contributed by atoms with Crippen LogP contribution in [0.4, 0.5) is 0 Å². The lowest BCUT2D eigenvalue weighted by molar-refractivity contribution is -0.133. The normalized spacial score (nSPS) is 16.6. The van der Waals surface area contributed by atoms with Gasteiger partial charge in [0.15, 0.2) is 0 Å². The number of rotatable bonds is 4. The fourth-order valence-corrected chi connectivity index (χ4v) is 4.41. The molecule has 1 saturated heterocycles. The fourth-order valence-electron chi connectivity index (χ4n) is 4.41. The van der Waals surface area contributed by atoms with E-state index in [0.29, 0.717) is 0 Å². The largest absolute Gasteiger partial charge is 0.457 e. The molecule has 0 spiro atoms. The monoisotopic (exact) mass is 410 g/mol. The van der Waals surface area contributed by atoms with Crippen molar-refractivity contribution in [1.82, 2.24) is 9.80 Å². The average Bonchev–Trinajstić information content (AvgIpc) is 2.83. The lowest BCUT2D eigenvalue weighted by atomic mass is 9.86. The van der Waals surface area contributed by atoms with Crippen molar-refractivity contribution in [3.8, 4) is 11.5 Å². The zero-order valence-electron chi connectivity index (χ0n) is 17.5. The van der Waals surface area contributed by atoms with E-state index in [2.05, 4.69) is 41.3 Å². The molecule has 5 rings (SSSR count). The minimum atomic E-state index is -0.300. The quantitative estimate of drug-likeness (QED) is 0.620. The summed E-state index contributed by atoms with van der Waals surface area (Å²) in [6.07, 6.45) is 4.37. The number of carbonyl (C=O) groups excluding carboxylic acids is 1. The molecule has 2 heterocycles. The lowest BCUT2D eigenvalue weighted by Gasteiger charge is -2.37. The van der Waals surface area contributed by atoms with E-state index in [9.17, 15) is 4.79 Å². The Hall–Kier alpha value is -3.37. The molecule has 0 unspecified atom stereocenters. The summed E-state index contributed by atoms with van der Waals surface area (Å²) in [5.41, 5.74) is 3.13. The van der Waals surface area contributed by atoms with Crippen molar-refractivity contribution in [3.05, 3.63) is 102 Å². The summed E-state index contributed by atoms with van der Waals surface area (Å²) in [6, 6.07) is 26.1. The maximum atomic E-state index is 13.6. The number of carbonyl (C=O) groups is 1. The van der Waals surface area contributed by atoms with Gasteiger partial charge in [0.05, 0.1) is 5.92 Å². The van der Waals surface area contributed by atoms with Gasteiger partial charge in [0, 0.05) is 43.9 Å². The second-order valence-electron chi connectivity index (χ2n) is 8.05. The van der Waals surface area contributed by atoms with Gasteiger partial charge < -0.3 is 9.64 Å². The van der Waals surface area contributed by atoms with Gasteiger partial charge in [0.1, 0.15) is 11.5 Å². The Labute approximate surface area is 183 Å². The van der Waals surface area contributed by atoms with Crippen molar-refractivity contribution >= 4 is 12.0 Å². The van der Waals surface area contributed by atoms with Crippen LogP contribution in [0.15, 0.2) is 84.9 Å². The molecule has 0 aromatic heterocycles. The number of piperazine rings is 1. The Morgan fingerprint density at radius 1 is 0.806 bits per heavy atom. The molecule has 1 amide bonds. The molecule has 1 fully saturated rings. The van der Waals surface area contributed by atoms with Crippen LogP contribution in [0.1, 0.15) is 22.6 Å². The Morgan fingerprint density at radius 3 is 2.03 bits per heavy atom. The third kappa shape index (κ3) is 4.12. The van der Waals surface area contributed by atoms with Gasteiger partial charge in [-0.1, -0.05) is 78.9 Å². The molecule has 0 atom stereocenters. The van der Waals surface area contributed by atoms with Crippen molar-refractivity contribution < 1.29 is 9.53 Å². The van der Waals surface area contributed by atoms with E-state index in [1.54, 1.807) is 0 Å². The number of nitrogens with zero attached hydrogens (tertiary/aromatic N) is 2. The van der Waals surface area contributed by atoms with Gasteiger partial charge in [-0.25, -0.2) is 0 Å². The van der Waals surface area contributed by atoms with E-state index in [-0.39, 0.29) is 11.8 Å². The van der Waals surface area contributed by atoms with Crippen LogP contribution in [0.5, 0.6) is 11.5 Å². The van der Waals surface area contributed by atoms with Crippen LogP contribution in [0.2, 0.25) is 0 Å². The zero-order valence-corrected chi connectivity index (χ0v) is 17.5. The third-order valence-corrected chi connectivity index (χ3v) is 6.08. The Kier molecular flexibility index (Phi) is 5.55. The van der Waals surface area contributed by atoms with E-state index >= 15 is 0 Å². The molecule has 156 valence electrons. The molecular formula is C27H26N2O2. The number of hydrogen-bond acceptors (Lipinski definition) is 3. The molecule has 4 heteroatoms. The van der Waals surface area contributed by atoms with E-state index in [0.717, 1.165) is 55.3 Å². The highest BCUT2D eigenvalue weighted by molar-refractivity contribution is 5.89. The molecule has 4 nitrogen and oxygen atoms in total. The van der Waals surface area contributed by atoms with Gasteiger partial charge >= 0.3 is 0 Å². The second-order valence-corrected chi connectivity index (χ2v) is 8.05. The molecule has 2 aliphatic heterocycles. The lowest BCUT2D eigenvalue weighted by Crippen LogP contribution is -2.50. The number of para-hydroxylation sites is 2. The summed E-state index contributed by atoms with van der Waals surface area (Å²) in [6.45, 7) is 4.17. The molecule has 3 aromatic carbocycles. The third-order valence-electron chi connectivity index (χ3n) is 6.08. The highest BCUT2D eigenvalue weighted by Gasteiger charge is 2.35. The van der Waals surface area contributed by atoms with E-state index in [1.165, 1.54) is 5.56 Å². The van der Waals surface area contributed by atoms with Crippen molar-refractivity contribution in [2.45, 2.75) is 5.92 Å². The van der Waals surface area contributed by atoms with E-state index in [1.807, 2.05) is 59.5 Å². The average molecular weight is 411 g/mol. The Bertz CT molecular complexity index is 1040. The maximum absolute atomic E-state index is 13.6. The number of hydrogen-bond donors (Lipinski definition) is 0. The molecule has 0 saturated carbocycles. The molecule has 0 N–H and O–H groups in total. The van der Waals surface area contributed by atoms with Gasteiger partial charge in [-0.2, -0.15) is 0 Å². The van der Waals surface area contributed by atoms with Crippen molar-refractivity contribution in [1.29, 1.82) is 0 Å². The van der Waals surface area contributed by atoms with Crippen LogP contribution in [0.3, 0.4) is 0 Å². The summed E-state index contributed by atoms with van der Waals surface area (Å²) in [5, 5.41) is 0. The predicted octanol–water partition coefficient (Wildman–Crippen LogP) is 4.78. The first-order chi connectivity index (χ1) is 15.3. The van der Waals surface area contributed by atoms with Gasteiger partial charge in [0.25, 0.3) is 0 Å². The summed E-state index contributed by atoms with van der Waals surface area (Å²) in [5.74, 6) is 1.43. The first kappa shape index (κ1) is 19.6. The first-order valence-electron chi connectivity index (χ1n) is 10.9. The first-order valence-corrected chi connectivity index (χ1v) is 10.9. The highest BCUT2D eigenvalue weighted by atomic mass is 16.5. The minimum Gasteiger partial charge on any atom is -0.457 e. The molecule has 2 aliphatic rings. The second kappa shape index (κ2) is 8.78. The van der Waals surface area contributed by atoms with Crippen LogP contribution in [-0.4, -0.2) is 48.4 Å². The number of ether oxygens (including phenoxy) is 1. The van der Waals surface area contributed by atoms with Gasteiger partial charge in [0.2, 0.25) is 5.91 Å². The van der Waals surface area contributed by atoms with Crippen LogP contribution in [0, 0.1) is 0 Å². The Balaban J connectivity index is 1.26. The van der Waals surface area contributed by atoms with Crippen molar-refractivity contribution in [2.75, 3.05) is 32.7 Å². The summed E-state index contributed by atoms with van der Waals surface area (Å²) >= 11 is 0. The van der Waals surface area contributed by atoms with E-state index < -0.39 is 0 Å². The van der Waals surface area contributed by atoms with Crippen LogP contribution < -0.4 is 4.74 Å². The zero-order chi connectivity index (χ0) is 21.0. The molecular weight excluding hydrogens is 384 g/mol. The van der Waals surface area contributed by atoms with Gasteiger partial charge in [-0.3, -0.25) is 9.69 Å². The summed E-state index contributed by atoms with van der Waals surface area (Å²) in [7, 11) is 0. The molecule has 0 radical (unpaired) electrons. The maximum Gasteiger partial charge on any atom is 0.234 e. The number of benzene rings is 3. The van der Waals surface area contributed by atoms with Crippen LogP contribution in [0.25, 0.3) is 6.08 Å². The highest BCUT2D eigenvalue weighted by Crippen LogP contribution is 2.44. The Morgan fingerprint density at radius 2 is 1.39 bits per heavy atom. The minimum absolute atomic E-state index is 0.169. The smallest absolute Gasteiger partial charge is 0.234 e.